The maximum absolute atomic E-state index is 13.5. The lowest BCUT2D eigenvalue weighted by Gasteiger charge is -2.31. The van der Waals surface area contributed by atoms with E-state index in [1.807, 2.05) is 39.8 Å². The zero-order chi connectivity index (χ0) is 25.5. The maximum atomic E-state index is 13.5. The minimum atomic E-state index is -3.64. The van der Waals surface area contributed by atoms with Crippen molar-refractivity contribution in [2.24, 2.45) is 11.8 Å². The molecule has 1 amide bonds. The summed E-state index contributed by atoms with van der Waals surface area (Å²) in [5, 5.41) is 0.0940. The third-order valence-electron chi connectivity index (χ3n) is 7.09. The van der Waals surface area contributed by atoms with Crippen LogP contribution in [-0.2, 0) is 38.2 Å². The molecule has 1 aliphatic heterocycles. The number of sulfone groups is 1. The van der Waals surface area contributed by atoms with Gasteiger partial charge in [0.2, 0.25) is 20.9 Å². The van der Waals surface area contributed by atoms with E-state index >= 15 is 0 Å². The number of morpholine rings is 1. The van der Waals surface area contributed by atoms with Crippen molar-refractivity contribution in [3.63, 3.8) is 0 Å². The van der Waals surface area contributed by atoms with E-state index in [0.717, 1.165) is 69.8 Å². The number of carbonyl (C=O) groups excluding carboxylic acids is 1. The molecule has 1 saturated carbocycles. The Kier molecular flexibility index (Phi) is 9.19. The molecule has 2 heterocycles. The number of ether oxygens (including phenoxy) is 1. The van der Waals surface area contributed by atoms with Crippen LogP contribution in [0.1, 0.15) is 50.8 Å². The van der Waals surface area contributed by atoms with Gasteiger partial charge in [0.1, 0.15) is 0 Å². The first-order chi connectivity index (χ1) is 17.3. The molecule has 0 bridgehead atoms. The largest absolute Gasteiger partial charge is 0.379 e. The second-order valence-electron chi connectivity index (χ2n) is 10.5. The van der Waals surface area contributed by atoms with Crippen LogP contribution in [0.15, 0.2) is 41.7 Å². The van der Waals surface area contributed by atoms with Crippen molar-refractivity contribution in [2.45, 2.75) is 63.5 Å². The molecule has 0 unspecified atom stereocenters. The molecule has 36 heavy (non-hydrogen) atoms. The smallest absolute Gasteiger partial charge is 0.228 e. The van der Waals surface area contributed by atoms with E-state index in [0.29, 0.717) is 19.6 Å². The zero-order valence-electron chi connectivity index (χ0n) is 21.6. The predicted molar refractivity (Wildman–Crippen MR) is 139 cm³/mol. The lowest BCUT2D eigenvalue weighted by Crippen LogP contribution is -2.44. The van der Waals surface area contributed by atoms with Gasteiger partial charge in [-0.3, -0.25) is 9.69 Å². The summed E-state index contributed by atoms with van der Waals surface area (Å²) < 4.78 is 34.1. The Hall–Kier alpha value is -2.23. The molecule has 2 aromatic rings. The van der Waals surface area contributed by atoms with Crippen molar-refractivity contribution in [1.29, 1.82) is 0 Å². The summed E-state index contributed by atoms with van der Waals surface area (Å²) in [4.78, 5) is 22.2. The molecule has 2 fully saturated rings. The summed E-state index contributed by atoms with van der Waals surface area (Å²) in [6, 6.07) is 9.21. The highest BCUT2D eigenvalue weighted by molar-refractivity contribution is 7.90. The first-order valence-electron chi connectivity index (χ1n) is 13.2. The molecule has 1 aromatic heterocycles. The Morgan fingerprint density at radius 1 is 1.14 bits per heavy atom. The molecule has 198 valence electrons. The standard InChI is InChI=1S/C27H40N4O4S/c1-22(2)19-31-25(18-28-27(31)36(33,34)21-23-8-4-3-5-9-23)20-30(26(32)24-10-6-7-11-24)13-12-29-14-16-35-17-15-29/h3-5,8-9,18,22,24H,6-7,10-17,19-21H2,1-2H3. The van der Waals surface area contributed by atoms with E-state index in [1.165, 1.54) is 0 Å². The SMILES string of the molecule is CC(C)Cn1c(CN(CCN2CCOCC2)C(=O)C2CCCC2)cnc1S(=O)(=O)Cc1ccccc1. The quantitative estimate of drug-likeness (QED) is 0.455. The highest BCUT2D eigenvalue weighted by Gasteiger charge is 2.30. The van der Waals surface area contributed by atoms with Crippen molar-refractivity contribution in [3.8, 4) is 0 Å². The fourth-order valence-corrected chi connectivity index (χ4v) is 6.67. The third-order valence-corrected chi connectivity index (χ3v) is 8.68. The van der Waals surface area contributed by atoms with Crippen LogP contribution in [0, 0.1) is 11.8 Å². The van der Waals surface area contributed by atoms with Crippen LogP contribution in [0.2, 0.25) is 0 Å². The Bertz CT molecular complexity index is 1090. The van der Waals surface area contributed by atoms with Gasteiger partial charge in [-0.25, -0.2) is 13.4 Å². The van der Waals surface area contributed by atoms with Crippen LogP contribution < -0.4 is 0 Å². The Morgan fingerprint density at radius 3 is 2.50 bits per heavy atom. The number of amides is 1. The number of hydrogen-bond donors (Lipinski definition) is 0. The minimum absolute atomic E-state index is 0.0671. The van der Waals surface area contributed by atoms with Gasteiger partial charge in [0.15, 0.2) is 0 Å². The number of rotatable bonds is 11. The summed E-state index contributed by atoms with van der Waals surface area (Å²) in [6.07, 6.45) is 5.73. The number of hydrogen-bond acceptors (Lipinski definition) is 6. The zero-order valence-corrected chi connectivity index (χ0v) is 22.5. The van der Waals surface area contributed by atoms with Gasteiger partial charge in [0.05, 0.1) is 37.4 Å². The van der Waals surface area contributed by atoms with E-state index in [4.69, 9.17) is 4.74 Å². The van der Waals surface area contributed by atoms with Crippen molar-refractivity contribution in [3.05, 3.63) is 47.8 Å². The van der Waals surface area contributed by atoms with Crippen LogP contribution in [0.3, 0.4) is 0 Å². The van der Waals surface area contributed by atoms with E-state index in [1.54, 1.807) is 6.20 Å². The average molecular weight is 517 g/mol. The fourth-order valence-electron chi connectivity index (χ4n) is 5.17. The molecular weight excluding hydrogens is 476 g/mol. The summed E-state index contributed by atoms with van der Waals surface area (Å²) in [6.45, 7) is 9.65. The number of nitrogens with zero attached hydrogens (tertiary/aromatic N) is 4. The normalized spacial score (nSPS) is 17.6. The second kappa shape index (κ2) is 12.3. The number of aromatic nitrogens is 2. The first-order valence-corrected chi connectivity index (χ1v) is 14.9. The van der Waals surface area contributed by atoms with Gasteiger partial charge >= 0.3 is 0 Å². The molecule has 4 rings (SSSR count). The molecule has 1 aromatic carbocycles. The molecule has 1 saturated heterocycles. The topological polar surface area (TPSA) is 84.7 Å². The number of carbonyl (C=O) groups is 1. The molecule has 8 nitrogen and oxygen atoms in total. The van der Waals surface area contributed by atoms with Crippen LogP contribution in [0.4, 0.5) is 0 Å². The van der Waals surface area contributed by atoms with Crippen molar-refractivity contribution < 1.29 is 17.9 Å². The van der Waals surface area contributed by atoms with Gasteiger partial charge in [-0.05, 0) is 24.3 Å². The fraction of sp³-hybridized carbons (Fsp3) is 0.630. The van der Waals surface area contributed by atoms with E-state index < -0.39 is 9.84 Å². The molecular formula is C27H40N4O4S. The Labute approximate surface area is 215 Å². The predicted octanol–water partition coefficient (Wildman–Crippen LogP) is 3.36. The van der Waals surface area contributed by atoms with Gasteiger partial charge in [-0.15, -0.1) is 0 Å². The van der Waals surface area contributed by atoms with E-state index in [9.17, 15) is 13.2 Å². The summed E-state index contributed by atoms with van der Waals surface area (Å²) in [5.41, 5.74) is 1.52. The van der Waals surface area contributed by atoms with Crippen molar-refractivity contribution >= 4 is 15.7 Å². The van der Waals surface area contributed by atoms with Crippen LogP contribution in [-0.4, -0.2) is 73.1 Å². The molecule has 0 spiro atoms. The van der Waals surface area contributed by atoms with Crippen LogP contribution in [0.5, 0.6) is 0 Å². The van der Waals surface area contributed by atoms with E-state index in [-0.39, 0.29) is 28.7 Å². The number of imidazole rings is 1. The molecule has 0 radical (unpaired) electrons. The van der Waals surface area contributed by atoms with Gasteiger partial charge in [0.25, 0.3) is 0 Å². The van der Waals surface area contributed by atoms with Crippen LogP contribution >= 0.6 is 0 Å². The number of benzene rings is 1. The Balaban J connectivity index is 1.58. The highest BCUT2D eigenvalue weighted by Crippen LogP contribution is 2.28. The molecule has 2 aliphatic rings. The highest BCUT2D eigenvalue weighted by atomic mass is 32.2. The third kappa shape index (κ3) is 6.95. The molecule has 0 atom stereocenters. The van der Waals surface area contributed by atoms with Gasteiger partial charge in [-0.1, -0.05) is 57.0 Å². The summed E-state index contributed by atoms with van der Waals surface area (Å²) in [7, 11) is -3.64. The average Bonchev–Trinajstić information content (AvgIpc) is 3.53. The molecule has 1 aliphatic carbocycles. The summed E-state index contributed by atoms with van der Waals surface area (Å²) in [5.74, 6) is 0.393. The van der Waals surface area contributed by atoms with Gasteiger partial charge < -0.3 is 14.2 Å². The van der Waals surface area contributed by atoms with Crippen LogP contribution in [0.25, 0.3) is 0 Å². The van der Waals surface area contributed by atoms with E-state index in [2.05, 4.69) is 23.7 Å². The molecule has 9 heteroatoms. The monoisotopic (exact) mass is 516 g/mol. The first kappa shape index (κ1) is 26.8. The van der Waals surface area contributed by atoms with Gasteiger partial charge in [0, 0.05) is 38.6 Å². The van der Waals surface area contributed by atoms with Crippen molar-refractivity contribution in [2.75, 3.05) is 39.4 Å². The second-order valence-corrected chi connectivity index (χ2v) is 12.4. The van der Waals surface area contributed by atoms with Gasteiger partial charge in [-0.2, -0.15) is 0 Å². The molecule has 0 N–H and O–H groups in total. The minimum Gasteiger partial charge on any atom is -0.379 e. The van der Waals surface area contributed by atoms with Crippen molar-refractivity contribution in [1.82, 2.24) is 19.4 Å². The lowest BCUT2D eigenvalue weighted by molar-refractivity contribution is -0.136. The maximum Gasteiger partial charge on any atom is 0.228 e. The summed E-state index contributed by atoms with van der Waals surface area (Å²) >= 11 is 0. The lowest BCUT2D eigenvalue weighted by atomic mass is 10.1. The Morgan fingerprint density at radius 2 is 1.83 bits per heavy atom.